The van der Waals surface area contributed by atoms with E-state index in [1.165, 1.54) is 30.3 Å². The van der Waals surface area contributed by atoms with E-state index in [1.54, 1.807) is 60.7 Å². The number of nitrogens with zero attached hydrogens (tertiary/aromatic N) is 5. The second kappa shape index (κ2) is 32.0. The van der Waals surface area contributed by atoms with Crippen molar-refractivity contribution in [3.8, 4) is 0 Å². The average molecular weight is 1270 g/mol. The van der Waals surface area contributed by atoms with Gasteiger partial charge in [0, 0.05) is 54.8 Å². The normalized spacial score (nSPS) is 8.75. The molecule has 0 aliphatic rings. The fourth-order valence-corrected chi connectivity index (χ4v) is 6.02. The summed E-state index contributed by atoms with van der Waals surface area (Å²) < 4.78 is 2.27. The van der Waals surface area contributed by atoms with Crippen molar-refractivity contribution >= 4 is 171 Å². The second-order valence-corrected chi connectivity index (χ2v) is 16.0. The predicted octanol–water partition coefficient (Wildman–Crippen LogP) is 15.3. The van der Waals surface area contributed by atoms with Gasteiger partial charge in [0.2, 0.25) is 0 Å². The summed E-state index contributed by atoms with van der Waals surface area (Å²) in [6.07, 6.45) is 0. The first-order chi connectivity index (χ1) is 25.5. The first-order valence-electron chi connectivity index (χ1n) is 13.6. The summed E-state index contributed by atoms with van der Waals surface area (Å²) in [5.74, 6) is 0. The number of nitro groups is 5. The molecule has 0 N–H and O–H groups in total. The number of halogens is 10. The summed E-state index contributed by atoms with van der Waals surface area (Å²) in [6, 6.07) is 22.7. The van der Waals surface area contributed by atoms with Crippen LogP contribution in [0.5, 0.6) is 0 Å². The zero-order valence-electron chi connectivity index (χ0n) is 28.5. The van der Waals surface area contributed by atoms with Gasteiger partial charge in [-0.05, 0) is 140 Å². The van der Waals surface area contributed by atoms with Crippen LogP contribution in [0.15, 0.2) is 138 Å². The lowest BCUT2D eigenvalue weighted by Crippen LogP contribution is -1.88. The monoisotopic (exact) mass is 1260 g/mol. The minimum Gasteiger partial charge on any atom is -0.269 e. The summed E-state index contributed by atoms with van der Waals surface area (Å²) in [5, 5.41) is 51.5. The third kappa shape index (κ3) is 23.3. The molecule has 0 unspecified atom stereocenters. The third-order valence-corrected chi connectivity index (χ3v) is 10.2. The Balaban J connectivity index is -0.000000206. The average Bonchev–Trinajstić information content (AvgIpc) is 3.10. The molecule has 325 valence electrons. The number of hydrogen-bond acceptors (Lipinski definition) is 10. The van der Waals surface area contributed by atoms with Gasteiger partial charge in [-0.15, -0.1) is 0 Å². The van der Waals surface area contributed by atoms with Gasteiger partial charge in [-0.1, -0.05) is 63.1 Å². The van der Waals surface area contributed by atoms with E-state index in [0.717, 1.165) is 0 Å². The molecular formula is C30H20Br5F5N5O10S5. The Bertz CT molecular complexity index is 1890. The number of rotatable bonds is 5. The Morgan fingerprint density at radius 3 is 0.500 bits per heavy atom. The Morgan fingerprint density at radius 2 is 0.417 bits per heavy atom. The van der Waals surface area contributed by atoms with Gasteiger partial charge >= 0.3 is 0 Å². The lowest BCUT2D eigenvalue weighted by atomic mass is 10.3. The van der Waals surface area contributed by atoms with Crippen LogP contribution in [0.1, 0.15) is 0 Å². The highest BCUT2D eigenvalue weighted by molar-refractivity contribution is 9.11. The Labute approximate surface area is 404 Å². The van der Waals surface area contributed by atoms with Crippen LogP contribution in [-0.4, -0.2) is 24.6 Å². The summed E-state index contributed by atoms with van der Waals surface area (Å²) in [6.45, 7) is 0. The van der Waals surface area contributed by atoms with Crippen LogP contribution in [0.2, 0.25) is 0 Å². The van der Waals surface area contributed by atoms with Gasteiger partial charge in [0.05, 0.1) is 47.0 Å². The summed E-state index contributed by atoms with van der Waals surface area (Å²) in [4.78, 5) is 51.5. The third-order valence-electron chi connectivity index (χ3n) is 5.57. The lowest BCUT2D eigenvalue weighted by molar-refractivity contribution is -0.386. The highest BCUT2D eigenvalue weighted by Gasteiger charge is 2.14. The van der Waals surface area contributed by atoms with Crippen molar-refractivity contribution in [2.24, 2.45) is 0 Å². The van der Waals surface area contributed by atoms with Gasteiger partial charge in [0.1, 0.15) is 0 Å². The van der Waals surface area contributed by atoms with E-state index in [2.05, 4.69) is 79.6 Å². The van der Waals surface area contributed by atoms with E-state index in [9.17, 15) is 50.6 Å². The Hall–Kier alpha value is -3.75. The predicted molar refractivity (Wildman–Crippen MR) is 246 cm³/mol. The van der Waals surface area contributed by atoms with Gasteiger partial charge in [0.15, 0.2) is 0 Å². The van der Waals surface area contributed by atoms with Crippen LogP contribution < -0.4 is 0 Å². The molecule has 5 aromatic carbocycles. The van der Waals surface area contributed by atoms with Gasteiger partial charge in [-0.3, -0.25) is 74.1 Å². The maximum atomic E-state index is 10.3. The van der Waals surface area contributed by atoms with E-state index in [0.29, 0.717) is 46.8 Å². The first-order valence-corrected chi connectivity index (χ1v) is 19.6. The van der Waals surface area contributed by atoms with Gasteiger partial charge in [-0.2, -0.15) is 0 Å². The van der Waals surface area contributed by atoms with Gasteiger partial charge in [-0.25, -0.2) is 0 Å². The molecule has 0 atom stereocenters. The van der Waals surface area contributed by atoms with Crippen LogP contribution >= 0.6 is 143 Å². The molecule has 5 radical (unpaired) electrons. The van der Waals surface area contributed by atoms with Crippen molar-refractivity contribution in [3.05, 3.63) is 164 Å². The molecule has 0 aliphatic heterocycles. The fraction of sp³-hybridized carbons (Fsp3) is 0. The topological polar surface area (TPSA) is 216 Å². The van der Waals surface area contributed by atoms with E-state index >= 15 is 0 Å². The van der Waals surface area contributed by atoms with Crippen molar-refractivity contribution in [3.63, 3.8) is 0 Å². The van der Waals surface area contributed by atoms with Gasteiger partial charge in [0.25, 0.3) is 28.4 Å². The largest absolute Gasteiger partial charge is 0.284 e. The molecule has 30 heteroatoms. The molecule has 5 rings (SSSR count). The van der Waals surface area contributed by atoms with E-state index < -0.39 is 24.6 Å². The van der Waals surface area contributed by atoms with Crippen molar-refractivity contribution in [1.29, 1.82) is 0 Å². The molecule has 0 bridgehead atoms. The van der Waals surface area contributed by atoms with Crippen LogP contribution in [0.3, 0.4) is 0 Å². The van der Waals surface area contributed by atoms with Crippen molar-refractivity contribution in [1.82, 2.24) is 0 Å². The Kier molecular flexibility index (Phi) is 34.9. The quantitative estimate of drug-likeness (QED) is 0.0921. The maximum absolute atomic E-state index is 10.3. The number of benzene rings is 5. The first kappa shape index (κ1) is 65.4. The molecule has 0 heterocycles. The zero-order valence-corrected chi connectivity index (χ0v) is 40.5. The molecule has 0 saturated heterocycles. The van der Waals surface area contributed by atoms with E-state index in [-0.39, 0.29) is 52.0 Å². The number of hydrogen-bond donors (Lipinski definition) is 0. The Morgan fingerprint density at radius 1 is 0.300 bits per heavy atom. The minimum absolute atomic E-state index is 0. The molecule has 0 saturated carbocycles. The smallest absolute Gasteiger partial charge is 0.269 e. The highest BCUT2D eigenvalue weighted by atomic mass is 79.9. The van der Waals surface area contributed by atoms with Gasteiger partial charge < -0.3 is 0 Å². The molecule has 60 heavy (non-hydrogen) atoms. The molecular weight excluding hydrogens is 1250 g/mol. The molecule has 0 spiro atoms. The fourth-order valence-electron chi connectivity index (χ4n) is 3.16. The molecule has 0 aliphatic carbocycles. The summed E-state index contributed by atoms with van der Waals surface area (Å²) in [5.41, 5.74) is 0.0579. The standard InChI is InChI=1S/5C6H3BrNO2S.5FH/c5*7-5-2-1-4(11)3-6(5)8(9)10;;;;;/h5*1-3H;5*1H. The SMILES string of the molecule is F.F.F.F.F.O=[N+]([O-])c1cc([S])ccc1Br.O=[N+]([O-])c1cc([S])ccc1Br.O=[N+]([O-])c1cc([S])ccc1Br.O=[N+]([O-])c1cc([S])ccc1Br.O=[N+]([O-])c1cc([S])ccc1Br. The molecule has 5 aromatic rings. The second-order valence-electron chi connectivity index (χ2n) is 9.35. The molecule has 0 fully saturated rings. The summed E-state index contributed by atoms with van der Waals surface area (Å²) >= 11 is 39.0. The molecule has 15 nitrogen and oxygen atoms in total. The molecule has 0 amide bonds. The lowest BCUT2D eigenvalue weighted by Gasteiger charge is -1.94. The maximum Gasteiger partial charge on any atom is 0.284 e. The van der Waals surface area contributed by atoms with Crippen molar-refractivity contribution in [2.45, 2.75) is 24.5 Å². The van der Waals surface area contributed by atoms with Crippen LogP contribution in [0.25, 0.3) is 0 Å². The van der Waals surface area contributed by atoms with Crippen LogP contribution in [-0.2, 0) is 0 Å². The zero-order chi connectivity index (χ0) is 42.2. The highest BCUT2D eigenvalue weighted by Crippen LogP contribution is 2.30. The van der Waals surface area contributed by atoms with Crippen molar-refractivity contribution < 1.29 is 48.1 Å². The number of nitro benzene ring substituents is 5. The molecule has 0 aromatic heterocycles. The van der Waals surface area contributed by atoms with Crippen LogP contribution in [0, 0.1) is 50.6 Å². The minimum atomic E-state index is -0.472. The van der Waals surface area contributed by atoms with Crippen molar-refractivity contribution in [2.75, 3.05) is 0 Å². The van der Waals surface area contributed by atoms with E-state index in [1.807, 2.05) is 0 Å². The van der Waals surface area contributed by atoms with E-state index in [4.69, 9.17) is 63.1 Å². The van der Waals surface area contributed by atoms with Crippen LogP contribution in [0.4, 0.5) is 52.0 Å². The summed E-state index contributed by atoms with van der Waals surface area (Å²) in [7, 11) is 0.